The first kappa shape index (κ1) is 21.8. The highest BCUT2D eigenvalue weighted by Gasteiger charge is 2.28. The van der Waals surface area contributed by atoms with Crippen LogP contribution in [0.1, 0.15) is 44.4 Å². The van der Waals surface area contributed by atoms with Crippen molar-refractivity contribution in [3.05, 3.63) is 59.2 Å². The molecule has 7 nitrogen and oxygen atoms in total. The molecular formula is C22H26N2O5S. The fraction of sp³-hybridized carbons (Fsp3) is 0.364. The zero-order chi connectivity index (χ0) is 22.1. The minimum absolute atomic E-state index is 0.147. The standard InChI is InChI=1S/C22H26N2O5S/c1-15(25)23-19-7-9-20(10-8-19)30(27,28)14-16-5-6-17-12-24(13-18(17)11-16)21(26)29-22(2,3)4/h5-11H,12-14H2,1-4H3,(H,23,25). The average Bonchev–Trinajstić information content (AvgIpc) is 3.03. The molecule has 0 aromatic heterocycles. The molecule has 0 saturated heterocycles. The Hall–Kier alpha value is -2.87. The van der Waals surface area contributed by atoms with Crippen LogP contribution >= 0.6 is 0 Å². The summed E-state index contributed by atoms with van der Waals surface area (Å²) in [7, 11) is -3.55. The topological polar surface area (TPSA) is 92.8 Å². The monoisotopic (exact) mass is 430 g/mol. The highest BCUT2D eigenvalue weighted by molar-refractivity contribution is 7.90. The Morgan fingerprint density at radius 2 is 1.67 bits per heavy atom. The summed E-state index contributed by atoms with van der Waals surface area (Å²) in [4.78, 5) is 25.2. The van der Waals surface area contributed by atoms with E-state index < -0.39 is 15.4 Å². The van der Waals surface area contributed by atoms with Gasteiger partial charge in [0, 0.05) is 25.7 Å². The number of benzene rings is 2. The molecule has 1 N–H and O–H groups in total. The molecule has 0 aliphatic carbocycles. The Balaban J connectivity index is 1.71. The van der Waals surface area contributed by atoms with Gasteiger partial charge in [-0.1, -0.05) is 18.2 Å². The van der Waals surface area contributed by atoms with E-state index >= 15 is 0 Å². The fourth-order valence-electron chi connectivity index (χ4n) is 3.24. The van der Waals surface area contributed by atoms with Gasteiger partial charge in [0.05, 0.1) is 10.6 Å². The molecule has 160 valence electrons. The van der Waals surface area contributed by atoms with Gasteiger partial charge in [0.2, 0.25) is 5.91 Å². The third-order valence-electron chi connectivity index (χ3n) is 4.54. The van der Waals surface area contributed by atoms with Crippen LogP contribution in [0, 0.1) is 0 Å². The molecule has 0 radical (unpaired) electrons. The summed E-state index contributed by atoms with van der Waals surface area (Å²) in [5.41, 5.74) is 2.55. The third kappa shape index (κ3) is 5.38. The summed E-state index contributed by atoms with van der Waals surface area (Å²) in [6, 6.07) is 11.6. The van der Waals surface area contributed by atoms with Gasteiger partial charge < -0.3 is 10.1 Å². The molecule has 3 rings (SSSR count). The van der Waals surface area contributed by atoms with Crippen LogP contribution in [-0.2, 0) is 38.2 Å². The van der Waals surface area contributed by atoms with E-state index in [0.29, 0.717) is 24.3 Å². The minimum atomic E-state index is -3.55. The maximum Gasteiger partial charge on any atom is 0.410 e. The van der Waals surface area contributed by atoms with Gasteiger partial charge in [-0.05, 0) is 61.7 Å². The van der Waals surface area contributed by atoms with Crippen LogP contribution in [-0.4, -0.2) is 30.9 Å². The number of rotatable bonds is 4. The summed E-state index contributed by atoms with van der Waals surface area (Å²) in [5.74, 6) is -0.365. The molecule has 8 heteroatoms. The molecule has 2 aromatic rings. The lowest BCUT2D eigenvalue weighted by Gasteiger charge is -2.24. The summed E-state index contributed by atoms with van der Waals surface area (Å²) in [5, 5.41) is 2.61. The number of carbonyl (C=O) groups is 2. The molecule has 1 aliphatic heterocycles. The van der Waals surface area contributed by atoms with Gasteiger partial charge in [-0.2, -0.15) is 0 Å². The van der Waals surface area contributed by atoms with E-state index in [1.807, 2.05) is 32.9 Å². The lowest BCUT2D eigenvalue weighted by Crippen LogP contribution is -2.33. The van der Waals surface area contributed by atoms with Crippen LogP contribution in [0.25, 0.3) is 0 Å². The SMILES string of the molecule is CC(=O)Nc1ccc(S(=O)(=O)Cc2ccc3c(c2)CN(C(=O)OC(C)(C)C)C3)cc1. The second-order valence-electron chi connectivity index (χ2n) is 8.40. The number of nitrogens with zero attached hydrogens (tertiary/aromatic N) is 1. The van der Waals surface area contributed by atoms with E-state index in [2.05, 4.69) is 5.32 Å². The Bertz CT molecular complexity index is 1070. The molecule has 0 bridgehead atoms. The van der Waals surface area contributed by atoms with Crippen molar-refractivity contribution in [1.29, 1.82) is 0 Å². The number of amides is 2. The van der Waals surface area contributed by atoms with E-state index in [4.69, 9.17) is 4.74 Å². The molecule has 1 heterocycles. The lowest BCUT2D eigenvalue weighted by molar-refractivity contribution is -0.114. The number of sulfone groups is 1. The summed E-state index contributed by atoms with van der Waals surface area (Å²) >= 11 is 0. The van der Waals surface area contributed by atoms with Gasteiger partial charge in [-0.25, -0.2) is 13.2 Å². The van der Waals surface area contributed by atoms with Gasteiger partial charge in [-0.15, -0.1) is 0 Å². The largest absolute Gasteiger partial charge is 0.444 e. The lowest BCUT2D eigenvalue weighted by atomic mass is 10.1. The molecule has 0 atom stereocenters. The highest BCUT2D eigenvalue weighted by atomic mass is 32.2. The zero-order valence-electron chi connectivity index (χ0n) is 17.6. The molecule has 0 unspecified atom stereocenters. The maximum absolute atomic E-state index is 12.8. The van der Waals surface area contributed by atoms with Gasteiger partial charge >= 0.3 is 6.09 Å². The van der Waals surface area contributed by atoms with Crippen molar-refractivity contribution in [3.8, 4) is 0 Å². The minimum Gasteiger partial charge on any atom is -0.444 e. The number of ether oxygens (including phenoxy) is 1. The Morgan fingerprint density at radius 3 is 2.27 bits per heavy atom. The first-order valence-electron chi connectivity index (χ1n) is 9.62. The van der Waals surface area contributed by atoms with Gasteiger partial charge in [0.1, 0.15) is 5.60 Å². The highest BCUT2D eigenvalue weighted by Crippen LogP contribution is 2.27. The summed E-state index contributed by atoms with van der Waals surface area (Å²) in [6.07, 6.45) is -0.382. The molecule has 0 saturated carbocycles. The first-order valence-corrected chi connectivity index (χ1v) is 11.3. The quantitative estimate of drug-likeness (QED) is 0.795. The van der Waals surface area contributed by atoms with Crippen LogP contribution < -0.4 is 5.32 Å². The Kier molecular flexibility index (Phi) is 5.90. The van der Waals surface area contributed by atoms with Gasteiger partial charge in [0.15, 0.2) is 9.84 Å². The predicted molar refractivity (Wildman–Crippen MR) is 114 cm³/mol. The van der Waals surface area contributed by atoms with E-state index in [1.54, 1.807) is 23.1 Å². The zero-order valence-corrected chi connectivity index (χ0v) is 18.4. The second-order valence-corrected chi connectivity index (χ2v) is 10.4. The Labute approximate surface area is 177 Å². The molecule has 2 amide bonds. The van der Waals surface area contributed by atoms with Crippen molar-refractivity contribution in [2.75, 3.05) is 5.32 Å². The van der Waals surface area contributed by atoms with Crippen molar-refractivity contribution in [2.45, 2.75) is 57.0 Å². The smallest absolute Gasteiger partial charge is 0.410 e. The molecule has 0 fully saturated rings. The molecule has 0 spiro atoms. The second kappa shape index (κ2) is 8.10. The third-order valence-corrected chi connectivity index (χ3v) is 6.24. The molecule has 1 aliphatic rings. The summed E-state index contributed by atoms with van der Waals surface area (Å²) < 4.78 is 31.0. The normalized spacial score (nSPS) is 13.7. The summed E-state index contributed by atoms with van der Waals surface area (Å²) in [6.45, 7) is 7.69. The maximum atomic E-state index is 12.8. The number of nitrogens with one attached hydrogen (secondary N) is 1. The number of fused-ring (bicyclic) bond motifs is 1. The fourth-order valence-corrected chi connectivity index (χ4v) is 4.58. The van der Waals surface area contributed by atoms with E-state index in [-0.39, 0.29) is 22.6 Å². The van der Waals surface area contributed by atoms with E-state index in [1.165, 1.54) is 19.1 Å². The molecule has 30 heavy (non-hydrogen) atoms. The Morgan fingerprint density at radius 1 is 1.03 bits per heavy atom. The van der Waals surface area contributed by atoms with Crippen molar-refractivity contribution in [3.63, 3.8) is 0 Å². The van der Waals surface area contributed by atoms with Gasteiger partial charge in [-0.3, -0.25) is 9.69 Å². The van der Waals surface area contributed by atoms with Crippen molar-refractivity contribution >= 4 is 27.5 Å². The van der Waals surface area contributed by atoms with Crippen LogP contribution in [0.2, 0.25) is 0 Å². The van der Waals surface area contributed by atoms with Gasteiger partial charge in [0.25, 0.3) is 0 Å². The van der Waals surface area contributed by atoms with Crippen molar-refractivity contribution in [2.24, 2.45) is 0 Å². The molecular weight excluding hydrogens is 404 g/mol. The number of hydrogen-bond acceptors (Lipinski definition) is 5. The number of hydrogen-bond donors (Lipinski definition) is 1. The predicted octanol–water partition coefficient (Wildman–Crippen LogP) is 3.87. The molecule has 2 aromatic carbocycles. The van der Waals surface area contributed by atoms with Crippen molar-refractivity contribution in [1.82, 2.24) is 4.90 Å². The van der Waals surface area contributed by atoms with E-state index in [9.17, 15) is 18.0 Å². The number of anilines is 1. The number of carbonyl (C=O) groups excluding carboxylic acids is 2. The van der Waals surface area contributed by atoms with Crippen LogP contribution in [0.4, 0.5) is 10.5 Å². The van der Waals surface area contributed by atoms with Crippen molar-refractivity contribution < 1.29 is 22.7 Å². The van der Waals surface area contributed by atoms with E-state index in [0.717, 1.165) is 11.1 Å². The first-order chi connectivity index (χ1) is 13.9. The average molecular weight is 431 g/mol. The van der Waals surface area contributed by atoms with Crippen LogP contribution in [0.3, 0.4) is 0 Å². The van der Waals surface area contributed by atoms with Crippen LogP contribution in [0.15, 0.2) is 47.4 Å². The van der Waals surface area contributed by atoms with Crippen LogP contribution in [0.5, 0.6) is 0 Å².